The number of nitrogens with zero attached hydrogens (tertiary/aromatic N) is 4. The van der Waals surface area contributed by atoms with Crippen LogP contribution in [0, 0.1) is 20.8 Å². The average molecular weight is 390 g/mol. The van der Waals surface area contributed by atoms with E-state index in [2.05, 4.69) is 33.7 Å². The van der Waals surface area contributed by atoms with Gasteiger partial charge in [0, 0.05) is 23.4 Å². The summed E-state index contributed by atoms with van der Waals surface area (Å²) in [7, 11) is 0. The van der Waals surface area contributed by atoms with E-state index in [0.29, 0.717) is 11.6 Å². The number of oxazole rings is 1. The van der Waals surface area contributed by atoms with E-state index in [1.807, 2.05) is 38.1 Å². The number of hydrogen-bond donors (Lipinski definition) is 0. The molecule has 0 saturated heterocycles. The molecule has 4 aromatic heterocycles. The standard InChI is InChI=1S/C21H18N4O2S/c1-12-5-4-6-15(9-12)20-22-16(13(2)27-20)11-28-21-18-10-19-17(7-8-26-19)25(18)14(3)23-24-21/h4-10H,11H2,1-3H3. The molecule has 0 fully saturated rings. The number of furan rings is 1. The summed E-state index contributed by atoms with van der Waals surface area (Å²) in [5, 5.41) is 9.55. The molecule has 0 atom stereocenters. The van der Waals surface area contributed by atoms with Crippen molar-refractivity contribution in [3.8, 4) is 11.5 Å². The molecule has 0 aliphatic rings. The molecule has 0 spiro atoms. The highest BCUT2D eigenvalue weighted by atomic mass is 32.2. The zero-order valence-corrected chi connectivity index (χ0v) is 16.6. The molecule has 4 heterocycles. The first kappa shape index (κ1) is 17.1. The van der Waals surface area contributed by atoms with Gasteiger partial charge in [0.15, 0.2) is 5.58 Å². The SMILES string of the molecule is Cc1cccc(-c2nc(CSc3nnc(C)n4c3cc3occc34)c(C)o2)c1. The summed E-state index contributed by atoms with van der Waals surface area (Å²) in [6.45, 7) is 5.95. The van der Waals surface area contributed by atoms with Crippen LogP contribution in [0.4, 0.5) is 0 Å². The fraction of sp³-hybridized carbons (Fsp3) is 0.190. The first-order chi connectivity index (χ1) is 13.6. The minimum atomic E-state index is 0.650. The summed E-state index contributed by atoms with van der Waals surface area (Å²) in [5.74, 6) is 2.96. The molecule has 0 saturated carbocycles. The number of fused-ring (bicyclic) bond motifs is 3. The maximum atomic E-state index is 5.91. The Kier molecular flexibility index (Phi) is 3.98. The molecule has 28 heavy (non-hydrogen) atoms. The molecule has 0 aliphatic heterocycles. The van der Waals surface area contributed by atoms with Crippen LogP contribution in [-0.4, -0.2) is 19.6 Å². The maximum absolute atomic E-state index is 5.91. The lowest BCUT2D eigenvalue weighted by molar-refractivity contribution is 0.540. The Labute approximate surface area is 165 Å². The summed E-state index contributed by atoms with van der Waals surface area (Å²) < 4.78 is 13.5. The van der Waals surface area contributed by atoms with Crippen LogP contribution in [-0.2, 0) is 5.75 Å². The molecule has 0 bridgehead atoms. The van der Waals surface area contributed by atoms with Crippen molar-refractivity contribution in [2.24, 2.45) is 0 Å². The predicted octanol–water partition coefficient (Wildman–Crippen LogP) is 5.35. The van der Waals surface area contributed by atoms with Crippen LogP contribution in [0.3, 0.4) is 0 Å². The highest BCUT2D eigenvalue weighted by Crippen LogP contribution is 2.32. The number of aromatic nitrogens is 4. The van der Waals surface area contributed by atoms with Crippen molar-refractivity contribution >= 4 is 28.4 Å². The van der Waals surface area contributed by atoms with Crippen LogP contribution in [0.5, 0.6) is 0 Å². The van der Waals surface area contributed by atoms with E-state index in [4.69, 9.17) is 13.8 Å². The van der Waals surface area contributed by atoms with Crippen molar-refractivity contribution in [2.45, 2.75) is 31.6 Å². The zero-order chi connectivity index (χ0) is 19.3. The highest BCUT2D eigenvalue weighted by molar-refractivity contribution is 7.98. The van der Waals surface area contributed by atoms with Gasteiger partial charge in [-0.3, -0.25) is 4.40 Å². The lowest BCUT2D eigenvalue weighted by Gasteiger charge is -2.04. The summed E-state index contributed by atoms with van der Waals surface area (Å²) in [6.07, 6.45) is 1.69. The summed E-state index contributed by atoms with van der Waals surface area (Å²) in [4.78, 5) is 4.71. The van der Waals surface area contributed by atoms with Crippen LogP contribution in [0.2, 0.25) is 0 Å². The van der Waals surface area contributed by atoms with Crippen LogP contribution >= 0.6 is 11.8 Å². The first-order valence-corrected chi connectivity index (χ1v) is 9.97. The van der Waals surface area contributed by atoms with Crippen molar-refractivity contribution in [2.75, 3.05) is 0 Å². The van der Waals surface area contributed by atoms with E-state index in [9.17, 15) is 0 Å². The lowest BCUT2D eigenvalue weighted by Crippen LogP contribution is -2.00. The predicted molar refractivity (Wildman–Crippen MR) is 108 cm³/mol. The van der Waals surface area contributed by atoms with Gasteiger partial charge in [0.25, 0.3) is 0 Å². The summed E-state index contributed by atoms with van der Waals surface area (Å²) in [5.41, 5.74) is 5.91. The molecule has 1 aromatic carbocycles. The zero-order valence-electron chi connectivity index (χ0n) is 15.8. The van der Waals surface area contributed by atoms with Gasteiger partial charge < -0.3 is 8.83 Å². The lowest BCUT2D eigenvalue weighted by atomic mass is 10.1. The second-order valence-corrected chi connectivity index (χ2v) is 7.73. The van der Waals surface area contributed by atoms with Gasteiger partial charge in [-0.05, 0) is 32.9 Å². The molecule has 0 aliphatic carbocycles. The Morgan fingerprint density at radius 1 is 1.04 bits per heavy atom. The van der Waals surface area contributed by atoms with Crippen molar-refractivity contribution < 1.29 is 8.83 Å². The van der Waals surface area contributed by atoms with Crippen LogP contribution in [0.25, 0.3) is 28.1 Å². The molecule has 5 rings (SSSR count). The molecule has 0 amide bonds. The fourth-order valence-electron chi connectivity index (χ4n) is 3.35. The van der Waals surface area contributed by atoms with Gasteiger partial charge in [0.05, 0.1) is 23.0 Å². The van der Waals surface area contributed by atoms with Gasteiger partial charge in [-0.15, -0.1) is 10.2 Å². The molecule has 5 aromatic rings. The Hall–Kier alpha value is -3.06. The van der Waals surface area contributed by atoms with Crippen molar-refractivity contribution in [1.29, 1.82) is 0 Å². The monoisotopic (exact) mass is 390 g/mol. The van der Waals surface area contributed by atoms with E-state index >= 15 is 0 Å². The normalized spacial score (nSPS) is 11.7. The average Bonchev–Trinajstić information content (AvgIpc) is 3.36. The van der Waals surface area contributed by atoms with Crippen molar-refractivity contribution in [3.05, 3.63) is 65.5 Å². The van der Waals surface area contributed by atoms with E-state index in [0.717, 1.165) is 44.5 Å². The molecule has 0 radical (unpaired) electrons. The Balaban J connectivity index is 1.46. The minimum Gasteiger partial charge on any atom is -0.463 e. The van der Waals surface area contributed by atoms with Gasteiger partial charge in [-0.1, -0.05) is 29.5 Å². The third-order valence-corrected chi connectivity index (χ3v) is 5.74. The number of benzene rings is 1. The van der Waals surface area contributed by atoms with E-state index in [1.54, 1.807) is 18.0 Å². The largest absolute Gasteiger partial charge is 0.463 e. The Bertz CT molecular complexity index is 1310. The molecule has 6 nitrogen and oxygen atoms in total. The van der Waals surface area contributed by atoms with Gasteiger partial charge in [0.1, 0.15) is 16.6 Å². The van der Waals surface area contributed by atoms with Crippen LogP contribution in [0.15, 0.2) is 56.5 Å². The van der Waals surface area contributed by atoms with Crippen LogP contribution in [0.1, 0.15) is 22.8 Å². The molecule has 140 valence electrons. The highest BCUT2D eigenvalue weighted by Gasteiger charge is 2.16. The second kappa shape index (κ2) is 6.53. The Morgan fingerprint density at radius 2 is 1.93 bits per heavy atom. The number of thioether (sulfide) groups is 1. The number of rotatable bonds is 4. The summed E-state index contributed by atoms with van der Waals surface area (Å²) in [6, 6.07) is 12.1. The van der Waals surface area contributed by atoms with Gasteiger partial charge in [0.2, 0.25) is 5.89 Å². The minimum absolute atomic E-state index is 0.650. The number of aryl methyl sites for hydroxylation is 3. The van der Waals surface area contributed by atoms with Gasteiger partial charge in [-0.2, -0.15) is 0 Å². The molecular weight excluding hydrogens is 372 g/mol. The smallest absolute Gasteiger partial charge is 0.226 e. The first-order valence-electron chi connectivity index (χ1n) is 8.98. The molecule has 0 N–H and O–H groups in total. The van der Waals surface area contributed by atoms with Crippen molar-refractivity contribution in [1.82, 2.24) is 19.6 Å². The maximum Gasteiger partial charge on any atom is 0.226 e. The van der Waals surface area contributed by atoms with E-state index in [-0.39, 0.29) is 0 Å². The molecule has 0 unspecified atom stereocenters. The van der Waals surface area contributed by atoms with E-state index < -0.39 is 0 Å². The summed E-state index contributed by atoms with van der Waals surface area (Å²) >= 11 is 1.60. The van der Waals surface area contributed by atoms with E-state index in [1.165, 1.54) is 5.56 Å². The van der Waals surface area contributed by atoms with Gasteiger partial charge in [-0.25, -0.2) is 4.98 Å². The number of hydrogen-bond acceptors (Lipinski definition) is 6. The topological polar surface area (TPSA) is 69.4 Å². The quantitative estimate of drug-likeness (QED) is 0.385. The van der Waals surface area contributed by atoms with Crippen LogP contribution < -0.4 is 0 Å². The van der Waals surface area contributed by atoms with Crippen molar-refractivity contribution in [3.63, 3.8) is 0 Å². The molecule has 7 heteroatoms. The Morgan fingerprint density at radius 3 is 2.79 bits per heavy atom. The third-order valence-electron chi connectivity index (χ3n) is 4.75. The third kappa shape index (κ3) is 2.79. The molecular formula is C21H18N4O2S. The fourth-order valence-corrected chi connectivity index (χ4v) is 4.29. The van der Waals surface area contributed by atoms with Gasteiger partial charge >= 0.3 is 0 Å². The second-order valence-electron chi connectivity index (χ2n) is 6.77.